The summed E-state index contributed by atoms with van der Waals surface area (Å²) in [5.74, 6) is -0.151. The number of carboxylic acid groups (broad SMARTS) is 1. The second kappa shape index (κ2) is 4.46. The van der Waals surface area contributed by atoms with Crippen LogP contribution >= 0.6 is 46.3 Å². The van der Waals surface area contributed by atoms with Gasteiger partial charge in [-0.15, -0.1) is 23.1 Å². The minimum absolute atomic E-state index is 0.351. The van der Waals surface area contributed by atoms with Gasteiger partial charge in [0.1, 0.15) is 4.88 Å². The number of carboxylic acids is 1. The third-order valence-electron chi connectivity index (χ3n) is 2.64. The fourth-order valence-corrected chi connectivity index (χ4v) is 4.79. The van der Waals surface area contributed by atoms with E-state index in [-0.39, 0.29) is 0 Å². The second-order valence-corrected chi connectivity index (χ2v) is 6.70. The van der Waals surface area contributed by atoms with Crippen molar-refractivity contribution in [3.05, 3.63) is 38.7 Å². The van der Waals surface area contributed by atoms with Crippen LogP contribution in [0.25, 0.3) is 10.4 Å². The van der Waals surface area contributed by atoms with Crippen molar-refractivity contribution in [3.63, 3.8) is 0 Å². The lowest BCUT2D eigenvalue weighted by Crippen LogP contribution is -1.93. The number of rotatable bonds is 1. The van der Waals surface area contributed by atoms with Crippen LogP contribution in [0.1, 0.15) is 15.2 Å². The molecule has 0 amide bonds. The molecule has 0 saturated carbocycles. The van der Waals surface area contributed by atoms with E-state index in [1.54, 1.807) is 23.9 Å². The third-order valence-corrected chi connectivity index (χ3v) is 5.66. The van der Waals surface area contributed by atoms with Crippen molar-refractivity contribution in [1.82, 2.24) is 0 Å². The molecule has 1 N–H and O–H groups in total. The summed E-state index contributed by atoms with van der Waals surface area (Å²) < 4.78 is 0. The minimum atomic E-state index is -0.894. The van der Waals surface area contributed by atoms with Gasteiger partial charge >= 0.3 is 5.97 Å². The number of carbonyl (C=O) groups is 1. The highest BCUT2D eigenvalue weighted by molar-refractivity contribution is 7.99. The molecule has 0 unspecified atom stereocenters. The van der Waals surface area contributed by atoms with Crippen LogP contribution in [-0.2, 0) is 5.75 Å². The van der Waals surface area contributed by atoms with Crippen molar-refractivity contribution < 1.29 is 9.90 Å². The molecule has 2 heterocycles. The van der Waals surface area contributed by atoms with Crippen molar-refractivity contribution in [1.29, 1.82) is 0 Å². The smallest absolute Gasteiger partial charge is 0.345 e. The molecule has 0 aliphatic carbocycles. The van der Waals surface area contributed by atoms with Crippen molar-refractivity contribution in [2.75, 3.05) is 0 Å². The topological polar surface area (TPSA) is 37.3 Å². The van der Waals surface area contributed by atoms with Crippen LogP contribution in [0.2, 0.25) is 10.0 Å². The molecule has 0 atom stereocenters. The number of thiophene rings is 1. The predicted octanol–water partition coefficient (Wildman–Crippen LogP) is 5.03. The number of halogens is 2. The molecule has 92 valence electrons. The van der Waals surface area contributed by atoms with E-state index in [4.69, 9.17) is 28.3 Å². The van der Waals surface area contributed by atoms with E-state index in [2.05, 4.69) is 0 Å². The highest BCUT2D eigenvalue weighted by atomic mass is 35.5. The van der Waals surface area contributed by atoms with Crippen LogP contribution in [0.3, 0.4) is 0 Å². The molecular weight excluding hydrogens is 311 g/mol. The van der Waals surface area contributed by atoms with Gasteiger partial charge in [-0.1, -0.05) is 23.2 Å². The summed E-state index contributed by atoms with van der Waals surface area (Å²) in [6.07, 6.45) is 0. The zero-order valence-corrected chi connectivity index (χ0v) is 12.0. The monoisotopic (exact) mass is 316 g/mol. The van der Waals surface area contributed by atoms with E-state index in [0.29, 0.717) is 14.9 Å². The molecule has 1 aliphatic rings. The first-order valence-electron chi connectivity index (χ1n) is 5.04. The Morgan fingerprint density at radius 3 is 2.78 bits per heavy atom. The van der Waals surface area contributed by atoms with Gasteiger partial charge in [0.15, 0.2) is 0 Å². The molecule has 0 fully saturated rings. The molecule has 0 radical (unpaired) electrons. The van der Waals surface area contributed by atoms with E-state index in [1.807, 2.05) is 6.07 Å². The standard InChI is InChI=1S/C12H6Cl2O2S2/c13-6-2-7-10-5(1-9(18-10)12(15)16)4-17-11(7)8(14)3-6/h1-3H,4H2,(H,15,16). The summed E-state index contributed by atoms with van der Waals surface area (Å²) in [6.45, 7) is 0. The average molecular weight is 317 g/mol. The van der Waals surface area contributed by atoms with Gasteiger partial charge in [0.05, 0.1) is 5.02 Å². The Balaban J connectivity index is 2.24. The number of benzene rings is 1. The Hall–Kier alpha value is -0.680. The van der Waals surface area contributed by atoms with E-state index in [0.717, 1.165) is 26.7 Å². The molecule has 1 aromatic heterocycles. The summed E-state index contributed by atoms with van der Waals surface area (Å²) >= 11 is 15.1. The Labute approximate surface area is 122 Å². The summed E-state index contributed by atoms with van der Waals surface area (Å²) in [5, 5.41) is 10.2. The maximum Gasteiger partial charge on any atom is 0.345 e. The van der Waals surface area contributed by atoms with E-state index >= 15 is 0 Å². The van der Waals surface area contributed by atoms with Crippen molar-refractivity contribution in [3.8, 4) is 10.4 Å². The lowest BCUT2D eigenvalue weighted by Gasteiger charge is -2.17. The highest BCUT2D eigenvalue weighted by Crippen LogP contribution is 2.49. The third kappa shape index (κ3) is 1.93. The predicted molar refractivity (Wildman–Crippen MR) is 76.3 cm³/mol. The normalized spacial score (nSPS) is 13.0. The van der Waals surface area contributed by atoms with Gasteiger partial charge in [-0.3, -0.25) is 0 Å². The number of hydrogen-bond donors (Lipinski definition) is 1. The van der Waals surface area contributed by atoms with Crippen LogP contribution < -0.4 is 0 Å². The molecule has 0 saturated heterocycles. The van der Waals surface area contributed by atoms with Gasteiger partial charge in [0.25, 0.3) is 0 Å². The molecule has 3 rings (SSSR count). The van der Waals surface area contributed by atoms with E-state index < -0.39 is 5.97 Å². The Morgan fingerprint density at radius 1 is 1.28 bits per heavy atom. The molecule has 2 aromatic rings. The first-order valence-corrected chi connectivity index (χ1v) is 7.60. The molecule has 1 aromatic carbocycles. The molecule has 0 spiro atoms. The van der Waals surface area contributed by atoms with Crippen LogP contribution in [0.4, 0.5) is 0 Å². The van der Waals surface area contributed by atoms with Crippen molar-refractivity contribution in [2.24, 2.45) is 0 Å². The molecule has 18 heavy (non-hydrogen) atoms. The quantitative estimate of drug-likeness (QED) is 0.802. The Kier molecular flexibility index (Phi) is 3.06. The lowest BCUT2D eigenvalue weighted by atomic mass is 10.1. The SMILES string of the molecule is O=C(O)c1cc2c(s1)-c1cc(Cl)cc(Cl)c1SC2. The second-order valence-electron chi connectivity index (χ2n) is 3.82. The minimum Gasteiger partial charge on any atom is -0.477 e. The van der Waals surface area contributed by atoms with Crippen molar-refractivity contribution in [2.45, 2.75) is 10.6 Å². The maximum atomic E-state index is 11.0. The van der Waals surface area contributed by atoms with Gasteiger partial charge in [-0.05, 0) is 23.8 Å². The van der Waals surface area contributed by atoms with Gasteiger partial charge in [-0.2, -0.15) is 0 Å². The fraction of sp³-hybridized carbons (Fsp3) is 0.0833. The van der Waals surface area contributed by atoms with Crippen molar-refractivity contribution >= 4 is 52.3 Å². The largest absolute Gasteiger partial charge is 0.477 e. The molecule has 6 heteroatoms. The zero-order chi connectivity index (χ0) is 12.9. The number of fused-ring (bicyclic) bond motifs is 3. The zero-order valence-electron chi connectivity index (χ0n) is 8.87. The van der Waals surface area contributed by atoms with Crippen LogP contribution in [0.5, 0.6) is 0 Å². The number of hydrogen-bond acceptors (Lipinski definition) is 3. The van der Waals surface area contributed by atoms with Crippen LogP contribution in [-0.4, -0.2) is 11.1 Å². The van der Waals surface area contributed by atoms with Gasteiger partial charge < -0.3 is 5.11 Å². The van der Waals surface area contributed by atoms with E-state index in [1.165, 1.54) is 11.3 Å². The number of aromatic carboxylic acids is 1. The van der Waals surface area contributed by atoms with Gasteiger partial charge in [-0.25, -0.2) is 4.79 Å². The first kappa shape index (κ1) is 12.4. The Bertz CT molecular complexity index is 664. The van der Waals surface area contributed by atoms with E-state index in [9.17, 15) is 4.79 Å². The summed E-state index contributed by atoms with van der Waals surface area (Å²) in [6, 6.07) is 5.29. The maximum absolute atomic E-state index is 11.0. The Morgan fingerprint density at radius 2 is 2.06 bits per heavy atom. The summed E-state index contributed by atoms with van der Waals surface area (Å²) in [7, 11) is 0. The van der Waals surface area contributed by atoms with Gasteiger partial charge in [0, 0.05) is 26.1 Å². The highest BCUT2D eigenvalue weighted by Gasteiger charge is 2.24. The molecule has 2 nitrogen and oxygen atoms in total. The molecular formula is C12H6Cl2O2S2. The number of thioether (sulfide) groups is 1. The first-order chi connectivity index (χ1) is 8.56. The lowest BCUT2D eigenvalue weighted by molar-refractivity contribution is 0.0702. The summed E-state index contributed by atoms with van der Waals surface area (Å²) in [4.78, 5) is 13.3. The molecule has 1 aliphatic heterocycles. The van der Waals surface area contributed by atoms with Gasteiger partial charge in [0.2, 0.25) is 0 Å². The van der Waals surface area contributed by atoms with Crippen LogP contribution in [0, 0.1) is 0 Å². The fourth-order valence-electron chi connectivity index (χ4n) is 1.89. The average Bonchev–Trinajstić information content (AvgIpc) is 2.72. The molecule has 0 bridgehead atoms. The van der Waals surface area contributed by atoms with Crippen LogP contribution in [0.15, 0.2) is 23.1 Å². The summed E-state index contributed by atoms with van der Waals surface area (Å²) in [5.41, 5.74) is 1.98.